The highest BCUT2D eigenvalue weighted by molar-refractivity contribution is 5.94. The number of halogens is 1. The van der Waals surface area contributed by atoms with Crippen LogP contribution in [0.15, 0.2) is 30.5 Å². The molecule has 4 saturated carbocycles. The number of phenols is 1. The van der Waals surface area contributed by atoms with Gasteiger partial charge in [0.15, 0.2) is 0 Å². The number of amides is 1. The number of carbonyl (C=O) groups is 1. The average molecular weight is 354 g/mol. The molecule has 6 rings (SSSR count). The van der Waals surface area contributed by atoms with Crippen LogP contribution >= 0.6 is 0 Å². The molecule has 4 aliphatic carbocycles. The SMILES string of the molecule is O=C(NC1C2CC3CC(C2)CC1C3)c1cc(-c2ccc(O)cc2F)c[nH]1. The third kappa shape index (κ3) is 2.61. The Bertz CT molecular complexity index is 831. The second-order valence-electron chi connectivity index (χ2n) is 8.40. The first kappa shape index (κ1) is 15.9. The molecule has 2 aromatic rings. The molecular weight excluding hydrogens is 331 g/mol. The van der Waals surface area contributed by atoms with E-state index >= 15 is 0 Å². The van der Waals surface area contributed by atoms with Crippen molar-refractivity contribution < 1.29 is 14.3 Å². The molecule has 4 nitrogen and oxygen atoms in total. The van der Waals surface area contributed by atoms with Gasteiger partial charge in [0.05, 0.1) is 0 Å². The van der Waals surface area contributed by atoms with Crippen LogP contribution in [0.25, 0.3) is 11.1 Å². The van der Waals surface area contributed by atoms with Gasteiger partial charge in [-0.05, 0) is 74.0 Å². The first-order chi connectivity index (χ1) is 12.6. The number of aromatic nitrogens is 1. The fourth-order valence-corrected chi connectivity index (χ4v) is 5.81. The molecule has 5 heteroatoms. The minimum atomic E-state index is -0.503. The highest BCUT2D eigenvalue weighted by Crippen LogP contribution is 2.53. The van der Waals surface area contributed by atoms with Gasteiger partial charge in [-0.2, -0.15) is 0 Å². The Morgan fingerprint density at radius 2 is 1.77 bits per heavy atom. The number of rotatable bonds is 3. The van der Waals surface area contributed by atoms with E-state index in [1.807, 2.05) is 0 Å². The van der Waals surface area contributed by atoms with Crippen LogP contribution in [-0.4, -0.2) is 22.0 Å². The van der Waals surface area contributed by atoms with Crippen molar-refractivity contribution in [3.63, 3.8) is 0 Å². The van der Waals surface area contributed by atoms with Crippen molar-refractivity contribution in [2.24, 2.45) is 23.7 Å². The van der Waals surface area contributed by atoms with Gasteiger partial charge in [-0.15, -0.1) is 0 Å². The third-order valence-electron chi connectivity index (χ3n) is 6.72. The van der Waals surface area contributed by atoms with Crippen molar-refractivity contribution in [3.05, 3.63) is 42.0 Å². The Labute approximate surface area is 151 Å². The van der Waals surface area contributed by atoms with Crippen LogP contribution in [0.1, 0.15) is 42.6 Å². The van der Waals surface area contributed by atoms with E-state index < -0.39 is 5.82 Å². The van der Waals surface area contributed by atoms with Gasteiger partial charge in [-0.25, -0.2) is 4.39 Å². The highest BCUT2D eigenvalue weighted by atomic mass is 19.1. The Hall–Kier alpha value is -2.30. The van der Waals surface area contributed by atoms with E-state index in [1.165, 1.54) is 44.2 Å². The van der Waals surface area contributed by atoms with Crippen LogP contribution in [0.3, 0.4) is 0 Å². The highest BCUT2D eigenvalue weighted by Gasteiger charge is 2.48. The summed E-state index contributed by atoms with van der Waals surface area (Å²) in [6.07, 6.45) is 8.06. The molecule has 1 aromatic heterocycles. The molecule has 0 aliphatic heterocycles. The summed E-state index contributed by atoms with van der Waals surface area (Å²) in [5.41, 5.74) is 1.44. The molecule has 4 aliphatic rings. The Morgan fingerprint density at radius 1 is 1.08 bits per heavy atom. The van der Waals surface area contributed by atoms with Crippen LogP contribution < -0.4 is 5.32 Å². The van der Waals surface area contributed by atoms with Gasteiger partial charge in [0.25, 0.3) is 5.91 Å². The summed E-state index contributed by atoms with van der Waals surface area (Å²) in [6, 6.07) is 6.01. The number of carbonyl (C=O) groups excluding carboxylic acids is 1. The zero-order valence-corrected chi connectivity index (χ0v) is 14.5. The number of aromatic amines is 1. The molecular formula is C21H23FN2O2. The predicted octanol–water partition coefficient (Wildman–Crippen LogP) is 4.08. The van der Waals surface area contributed by atoms with E-state index in [4.69, 9.17) is 0 Å². The first-order valence-electron chi connectivity index (χ1n) is 9.55. The van der Waals surface area contributed by atoms with E-state index in [0.29, 0.717) is 28.7 Å². The van der Waals surface area contributed by atoms with Gasteiger partial charge in [0.1, 0.15) is 17.3 Å². The number of hydrogen-bond acceptors (Lipinski definition) is 2. The zero-order valence-electron chi connectivity index (χ0n) is 14.5. The number of hydrogen-bond donors (Lipinski definition) is 3. The van der Waals surface area contributed by atoms with Gasteiger partial charge in [-0.3, -0.25) is 4.79 Å². The van der Waals surface area contributed by atoms with Crippen molar-refractivity contribution in [1.29, 1.82) is 0 Å². The Morgan fingerprint density at radius 3 is 2.42 bits per heavy atom. The van der Waals surface area contributed by atoms with E-state index in [1.54, 1.807) is 12.3 Å². The number of nitrogens with one attached hydrogen (secondary N) is 2. The lowest BCUT2D eigenvalue weighted by Crippen LogP contribution is -2.55. The second kappa shape index (κ2) is 5.86. The maximum atomic E-state index is 14.0. The average Bonchev–Trinajstić information content (AvgIpc) is 3.07. The minimum absolute atomic E-state index is 0.104. The summed E-state index contributed by atoms with van der Waals surface area (Å²) in [6.45, 7) is 0. The van der Waals surface area contributed by atoms with Crippen molar-refractivity contribution >= 4 is 5.91 Å². The van der Waals surface area contributed by atoms with Gasteiger partial charge in [0.2, 0.25) is 0 Å². The molecule has 1 aromatic carbocycles. The van der Waals surface area contributed by atoms with Gasteiger partial charge in [0, 0.05) is 29.4 Å². The molecule has 0 atom stereocenters. The number of phenolic OH excluding ortho intramolecular Hbond substituents is 1. The molecule has 136 valence electrons. The van der Waals surface area contributed by atoms with Crippen LogP contribution in [0.2, 0.25) is 0 Å². The van der Waals surface area contributed by atoms with Crippen LogP contribution in [-0.2, 0) is 0 Å². The quantitative estimate of drug-likeness (QED) is 0.777. The topological polar surface area (TPSA) is 65.1 Å². The van der Waals surface area contributed by atoms with Crippen molar-refractivity contribution in [1.82, 2.24) is 10.3 Å². The standard InChI is InChI=1S/C21H23FN2O2/c22-18-9-16(25)1-2-17(18)15-8-19(23-10-15)21(26)24-20-13-4-11-3-12(6-13)7-14(20)5-11/h1-2,8-14,20,23,25H,3-7H2,(H,24,26). The maximum absolute atomic E-state index is 14.0. The molecule has 26 heavy (non-hydrogen) atoms. The summed E-state index contributed by atoms with van der Waals surface area (Å²) in [5.74, 6) is 2.28. The summed E-state index contributed by atoms with van der Waals surface area (Å²) in [4.78, 5) is 15.7. The summed E-state index contributed by atoms with van der Waals surface area (Å²) in [5, 5.41) is 12.6. The molecule has 0 spiro atoms. The zero-order chi connectivity index (χ0) is 17.8. The molecule has 4 fully saturated rings. The lowest BCUT2D eigenvalue weighted by Gasteiger charge is -2.54. The molecule has 1 amide bonds. The maximum Gasteiger partial charge on any atom is 0.267 e. The summed E-state index contributed by atoms with van der Waals surface area (Å²) < 4.78 is 14.0. The van der Waals surface area contributed by atoms with Gasteiger partial charge < -0.3 is 15.4 Å². The number of aromatic hydroxyl groups is 1. The first-order valence-corrected chi connectivity index (χ1v) is 9.55. The third-order valence-corrected chi connectivity index (χ3v) is 6.72. The van der Waals surface area contributed by atoms with Crippen LogP contribution in [0.4, 0.5) is 4.39 Å². The normalized spacial score (nSPS) is 32.0. The van der Waals surface area contributed by atoms with Crippen molar-refractivity contribution in [3.8, 4) is 16.9 Å². The number of benzene rings is 1. The largest absolute Gasteiger partial charge is 0.508 e. The fourth-order valence-electron chi connectivity index (χ4n) is 5.81. The van der Waals surface area contributed by atoms with E-state index in [0.717, 1.165) is 17.9 Å². The molecule has 0 saturated heterocycles. The minimum Gasteiger partial charge on any atom is -0.508 e. The van der Waals surface area contributed by atoms with Gasteiger partial charge in [-0.1, -0.05) is 0 Å². The lowest BCUT2D eigenvalue weighted by molar-refractivity contribution is -0.0120. The van der Waals surface area contributed by atoms with Gasteiger partial charge >= 0.3 is 0 Å². The monoisotopic (exact) mass is 354 g/mol. The Kier molecular flexibility index (Phi) is 3.59. The van der Waals surface area contributed by atoms with Crippen molar-refractivity contribution in [2.45, 2.75) is 38.1 Å². The predicted molar refractivity (Wildman–Crippen MR) is 96.2 cm³/mol. The molecule has 3 N–H and O–H groups in total. The smallest absolute Gasteiger partial charge is 0.267 e. The fraction of sp³-hybridized carbons (Fsp3) is 0.476. The molecule has 0 radical (unpaired) electrons. The lowest BCUT2D eigenvalue weighted by atomic mass is 9.54. The van der Waals surface area contributed by atoms with Crippen LogP contribution in [0, 0.1) is 29.5 Å². The van der Waals surface area contributed by atoms with E-state index in [9.17, 15) is 14.3 Å². The molecule has 4 bridgehead atoms. The number of H-pyrrole nitrogens is 1. The van der Waals surface area contributed by atoms with E-state index in [2.05, 4.69) is 10.3 Å². The summed E-state index contributed by atoms with van der Waals surface area (Å²) in [7, 11) is 0. The van der Waals surface area contributed by atoms with E-state index in [-0.39, 0.29) is 17.7 Å². The summed E-state index contributed by atoms with van der Waals surface area (Å²) >= 11 is 0. The molecule has 1 heterocycles. The molecule has 0 unspecified atom stereocenters. The second-order valence-corrected chi connectivity index (χ2v) is 8.40. The van der Waals surface area contributed by atoms with Crippen molar-refractivity contribution in [2.75, 3.05) is 0 Å². The Balaban J connectivity index is 1.33. The van der Waals surface area contributed by atoms with Crippen LogP contribution in [0.5, 0.6) is 5.75 Å².